The first kappa shape index (κ1) is 21.2. The topological polar surface area (TPSA) is 134 Å². The van der Waals surface area contributed by atoms with Crippen LogP contribution in [0.5, 0.6) is 17.4 Å². The monoisotopic (exact) mass is 496 g/mol. The molecule has 0 saturated heterocycles. The summed E-state index contributed by atoms with van der Waals surface area (Å²) in [5, 5.41) is 6.90. The van der Waals surface area contributed by atoms with Crippen LogP contribution in [0, 0.1) is 0 Å². The molecule has 0 atom stereocenters. The van der Waals surface area contributed by atoms with Gasteiger partial charge in [0.05, 0.1) is 18.0 Å². The molecule has 0 spiro atoms. The average molecular weight is 497 g/mol. The van der Waals surface area contributed by atoms with Crippen LogP contribution < -0.4 is 20.5 Å². The normalized spacial score (nSPS) is 10.7. The summed E-state index contributed by atoms with van der Waals surface area (Å²) in [6.07, 6.45) is 3.28. The van der Waals surface area contributed by atoms with Gasteiger partial charge in [0.1, 0.15) is 17.1 Å². The third-order valence-electron chi connectivity index (χ3n) is 4.40. The van der Waals surface area contributed by atoms with Gasteiger partial charge in [-0.1, -0.05) is 6.07 Å². The molecule has 2 amide bonds. The Balaban J connectivity index is 1.44. The first-order valence-electron chi connectivity index (χ1n) is 9.34. The van der Waals surface area contributed by atoms with E-state index in [1.807, 2.05) is 0 Å². The number of fused-ring (bicyclic) bond motifs is 1. The Morgan fingerprint density at radius 1 is 1.22 bits per heavy atom. The molecule has 0 bridgehead atoms. The fourth-order valence-electron chi connectivity index (χ4n) is 2.90. The number of primary amides is 1. The number of halogens is 1. The van der Waals surface area contributed by atoms with Crippen LogP contribution in [-0.2, 0) is 11.2 Å². The van der Waals surface area contributed by atoms with Crippen molar-refractivity contribution in [2.45, 2.75) is 6.42 Å². The van der Waals surface area contributed by atoms with E-state index in [1.165, 1.54) is 12.3 Å². The highest BCUT2D eigenvalue weighted by Crippen LogP contribution is 2.31. The van der Waals surface area contributed by atoms with Gasteiger partial charge in [0.2, 0.25) is 17.7 Å². The van der Waals surface area contributed by atoms with Crippen LogP contribution in [-0.4, -0.2) is 38.5 Å². The lowest BCUT2D eigenvalue weighted by Gasteiger charge is -2.10. The average Bonchev–Trinajstić information content (AvgIpc) is 3.16. The number of nitrogens with zero attached hydrogens (tertiary/aromatic N) is 4. The summed E-state index contributed by atoms with van der Waals surface area (Å²) >= 11 is 3.42. The molecule has 3 heterocycles. The molecule has 0 unspecified atom stereocenters. The van der Waals surface area contributed by atoms with E-state index in [-0.39, 0.29) is 29.7 Å². The van der Waals surface area contributed by atoms with Crippen LogP contribution in [0.25, 0.3) is 5.65 Å². The molecule has 11 heteroatoms. The lowest BCUT2D eigenvalue weighted by Crippen LogP contribution is -2.15. The number of aromatic nitrogens is 4. The smallest absolute Gasteiger partial charge is 0.254 e. The number of hydrogen-bond donors (Lipinski definition) is 2. The van der Waals surface area contributed by atoms with Crippen LogP contribution in [0.15, 0.2) is 59.3 Å². The summed E-state index contributed by atoms with van der Waals surface area (Å²) < 4.78 is 13.0. The number of ether oxygens (including phenoxy) is 2. The maximum Gasteiger partial charge on any atom is 0.254 e. The quantitative estimate of drug-likeness (QED) is 0.401. The number of carbonyl (C=O) groups excluding carboxylic acids is 2. The van der Waals surface area contributed by atoms with Crippen molar-refractivity contribution in [1.29, 1.82) is 0 Å². The first-order chi connectivity index (χ1) is 15.4. The molecule has 10 nitrogen and oxygen atoms in total. The molecule has 0 aliphatic rings. The summed E-state index contributed by atoms with van der Waals surface area (Å²) in [4.78, 5) is 32.3. The van der Waals surface area contributed by atoms with Gasteiger partial charge in [-0.3, -0.25) is 14.9 Å². The summed E-state index contributed by atoms with van der Waals surface area (Å²) in [7, 11) is 1.56. The predicted octanol–water partition coefficient (Wildman–Crippen LogP) is 2.97. The highest BCUT2D eigenvalue weighted by atomic mass is 79.9. The number of methoxy groups -OCH3 is 1. The van der Waals surface area contributed by atoms with Crippen LogP contribution >= 0.6 is 15.9 Å². The second-order valence-corrected chi connectivity index (χ2v) is 7.47. The molecular formula is C21H17BrN6O4. The van der Waals surface area contributed by atoms with Crippen molar-refractivity contribution in [2.24, 2.45) is 5.73 Å². The molecule has 0 radical (unpaired) electrons. The Kier molecular flexibility index (Phi) is 5.99. The van der Waals surface area contributed by atoms with Crippen LogP contribution in [0.3, 0.4) is 0 Å². The van der Waals surface area contributed by atoms with Crippen molar-refractivity contribution in [3.05, 3.63) is 70.5 Å². The van der Waals surface area contributed by atoms with Gasteiger partial charge in [-0.2, -0.15) is 4.98 Å². The third-order valence-corrected chi connectivity index (χ3v) is 5.02. The number of carbonyl (C=O) groups is 2. The van der Waals surface area contributed by atoms with Gasteiger partial charge in [0.25, 0.3) is 5.91 Å². The lowest BCUT2D eigenvalue weighted by molar-refractivity contribution is -0.115. The maximum atomic E-state index is 12.5. The van der Waals surface area contributed by atoms with Gasteiger partial charge in [-0.05, 0) is 51.8 Å². The van der Waals surface area contributed by atoms with E-state index in [4.69, 9.17) is 15.2 Å². The predicted molar refractivity (Wildman–Crippen MR) is 119 cm³/mol. The van der Waals surface area contributed by atoms with Crippen molar-refractivity contribution in [3.63, 3.8) is 0 Å². The summed E-state index contributed by atoms with van der Waals surface area (Å²) in [5.74, 6) is 0.428. The number of anilines is 1. The van der Waals surface area contributed by atoms with Crippen LogP contribution in [0.4, 0.5) is 5.95 Å². The van der Waals surface area contributed by atoms with Crippen molar-refractivity contribution in [2.75, 3.05) is 12.4 Å². The fourth-order valence-corrected chi connectivity index (χ4v) is 3.41. The van der Waals surface area contributed by atoms with Crippen molar-refractivity contribution < 1.29 is 19.1 Å². The highest BCUT2D eigenvalue weighted by molar-refractivity contribution is 9.10. The Labute approximate surface area is 190 Å². The van der Waals surface area contributed by atoms with Gasteiger partial charge in [-0.25, -0.2) is 9.50 Å². The van der Waals surface area contributed by atoms with Crippen molar-refractivity contribution in [1.82, 2.24) is 19.6 Å². The molecule has 4 aromatic rings. The summed E-state index contributed by atoms with van der Waals surface area (Å²) in [6.45, 7) is 0. The van der Waals surface area contributed by atoms with E-state index in [0.29, 0.717) is 21.6 Å². The van der Waals surface area contributed by atoms with Gasteiger partial charge in [-0.15, -0.1) is 5.10 Å². The van der Waals surface area contributed by atoms with Gasteiger partial charge >= 0.3 is 0 Å². The standard InChI is InChI=1S/C21H17BrN6O4/c1-31-13-6-8-28-17(11-13)25-21(27-28)26-18(29)10-12-4-5-16(15(22)9-12)32-20-14(19(23)30)3-2-7-24-20/h2-9,11H,10H2,1H3,(H2,23,30)(H,26,27,29). The number of hydrogen-bond acceptors (Lipinski definition) is 7. The van der Waals surface area contributed by atoms with Gasteiger partial charge in [0.15, 0.2) is 5.65 Å². The summed E-state index contributed by atoms with van der Waals surface area (Å²) in [5.41, 5.74) is 6.80. The van der Waals surface area contributed by atoms with E-state index in [1.54, 1.807) is 54.2 Å². The lowest BCUT2D eigenvalue weighted by atomic mass is 10.1. The minimum absolute atomic E-state index is 0.0911. The van der Waals surface area contributed by atoms with Gasteiger partial charge in [0, 0.05) is 18.5 Å². The van der Waals surface area contributed by atoms with Crippen LogP contribution in [0.2, 0.25) is 0 Å². The molecule has 3 N–H and O–H groups in total. The van der Waals surface area contributed by atoms with E-state index in [2.05, 4.69) is 36.3 Å². The minimum atomic E-state index is -0.642. The zero-order chi connectivity index (χ0) is 22.7. The number of pyridine rings is 2. The second kappa shape index (κ2) is 9.02. The number of amides is 2. The molecule has 162 valence electrons. The number of nitrogens with two attached hydrogens (primary N) is 1. The Hall–Kier alpha value is -3.99. The molecule has 0 saturated carbocycles. The molecular weight excluding hydrogens is 480 g/mol. The van der Waals surface area contributed by atoms with E-state index in [0.717, 1.165) is 5.56 Å². The van der Waals surface area contributed by atoms with E-state index >= 15 is 0 Å². The SMILES string of the molecule is COc1ccn2nc(NC(=O)Cc3ccc(Oc4ncccc4C(N)=O)c(Br)c3)nc2c1. The van der Waals surface area contributed by atoms with Crippen molar-refractivity contribution >= 4 is 39.3 Å². The maximum absolute atomic E-state index is 12.5. The van der Waals surface area contributed by atoms with Crippen LogP contribution in [0.1, 0.15) is 15.9 Å². The molecule has 0 aliphatic carbocycles. The zero-order valence-electron chi connectivity index (χ0n) is 16.8. The third kappa shape index (κ3) is 4.67. The Bertz CT molecular complexity index is 1320. The van der Waals surface area contributed by atoms with E-state index < -0.39 is 5.91 Å². The largest absolute Gasteiger partial charge is 0.497 e. The minimum Gasteiger partial charge on any atom is -0.497 e. The van der Waals surface area contributed by atoms with Crippen molar-refractivity contribution in [3.8, 4) is 17.4 Å². The number of nitrogens with one attached hydrogen (secondary N) is 1. The Morgan fingerprint density at radius 3 is 2.81 bits per heavy atom. The first-order valence-corrected chi connectivity index (χ1v) is 10.1. The summed E-state index contributed by atoms with van der Waals surface area (Å²) in [6, 6.07) is 11.7. The molecule has 1 aromatic carbocycles. The molecule has 0 aliphatic heterocycles. The molecule has 3 aromatic heterocycles. The molecule has 4 rings (SSSR count). The highest BCUT2D eigenvalue weighted by Gasteiger charge is 2.14. The zero-order valence-corrected chi connectivity index (χ0v) is 18.4. The second-order valence-electron chi connectivity index (χ2n) is 6.62. The fraction of sp³-hybridized carbons (Fsp3) is 0.0952. The number of rotatable bonds is 7. The van der Waals surface area contributed by atoms with Gasteiger partial charge < -0.3 is 15.2 Å². The Morgan fingerprint density at radius 2 is 2.06 bits per heavy atom. The molecule has 32 heavy (non-hydrogen) atoms. The number of benzene rings is 1. The van der Waals surface area contributed by atoms with E-state index in [9.17, 15) is 9.59 Å². The molecule has 0 fully saturated rings.